The van der Waals surface area contributed by atoms with E-state index in [1.807, 2.05) is 45.1 Å². The first-order valence-electron chi connectivity index (χ1n) is 16.2. The number of nitrogens with zero attached hydrogens (tertiary/aromatic N) is 7. The maximum Gasteiger partial charge on any atom is 0.410 e. The van der Waals surface area contributed by atoms with Gasteiger partial charge >= 0.3 is 6.09 Å². The van der Waals surface area contributed by atoms with Crippen molar-refractivity contribution in [3.63, 3.8) is 0 Å². The van der Waals surface area contributed by atoms with Crippen molar-refractivity contribution in [1.29, 1.82) is 0 Å². The Morgan fingerprint density at radius 3 is 2.57 bits per heavy atom. The topological polar surface area (TPSA) is 113 Å². The number of fused-ring (bicyclic) bond motifs is 1. The van der Waals surface area contributed by atoms with Crippen LogP contribution in [0.4, 0.5) is 10.6 Å². The Bertz CT molecular complexity index is 1520. The summed E-state index contributed by atoms with van der Waals surface area (Å²) in [6.45, 7) is 10.6. The van der Waals surface area contributed by atoms with Crippen LogP contribution in [0.15, 0.2) is 46.7 Å². The third-order valence-corrected chi connectivity index (χ3v) is 8.60. The van der Waals surface area contributed by atoms with Crippen LogP contribution < -0.4 is 4.90 Å². The third-order valence-electron chi connectivity index (χ3n) is 8.38. The first-order chi connectivity index (χ1) is 22.5. The number of carbonyl (C=O) groups excluding carboxylic acids is 2. The van der Waals surface area contributed by atoms with Crippen molar-refractivity contribution in [1.82, 2.24) is 24.7 Å². The molecule has 2 amide bonds. The molecule has 0 N–H and O–H groups in total. The number of hydrogen-bond donors (Lipinski definition) is 0. The second-order valence-electron chi connectivity index (χ2n) is 13.0. The second kappa shape index (κ2) is 15.5. The fourth-order valence-electron chi connectivity index (χ4n) is 5.92. The van der Waals surface area contributed by atoms with Gasteiger partial charge in [0.05, 0.1) is 49.7 Å². The lowest BCUT2D eigenvalue weighted by molar-refractivity contribution is 0.0223. The molecule has 1 aromatic heterocycles. The first kappa shape index (κ1) is 34.7. The minimum Gasteiger partial charge on any atom is -0.444 e. The SMILES string of the molecule is CN(CCOCCN(C)C(=O)c1cc(C2CCCN2C2C=CC=NC(Cl)=C2)c2nc(N3CCOCC3)cnc2c1)C(=O)OC(C)(C)C. The fourth-order valence-corrected chi connectivity index (χ4v) is 6.10. The fraction of sp³-hybridized carbons (Fsp3) is 0.559. The molecule has 2 unspecified atom stereocenters. The quantitative estimate of drug-likeness (QED) is 0.264. The lowest BCUT2D eigenvalue weighted by atomic mass is 9.98. The van der Waals surface area contributed by atoms with Crippen molar-refractivity contribution in [2.45, 2.75) is 51.3 Å². The maximum absolute atomic E-state index is 13.8. The van der Waals surface area contributed by atoms with Crippen molar-refractivity contribution >= 4 is 46.7 Å². The highest BCUT2D eigenvalue weighted by Gasteiger charge is 2.33. The number of rotatable bonds is 10. The highest BCUT2D eigenvalue weighted by atomic mass is 35.5. The van der Waals surface area contributed by atoms with Gasteiger partial charge in [-0.25, -0.2) is 14.8 Å². The molecule has 5 rings (SSSR count). The van der Waals surface area contributed by atoms with E-state index in [1.165, 1.54) is 4.90 Å². The van der Waals surface area contributed by atoms with Gasteiger partial charge in [0.15, 0.2) is 0 Å². The van der Waals surface area contributed by atoms with Crippen molar-refractivity contribution in [2.24, 2.45) is 4.99 Å². The predicted molar refractivity (Wildman–Crippen MR) is 183 cm³/mol. The lowest BCUT2D eigenvalue weighted by Gasteiger charge is -2.31. The molecule has 2 aromatic rings. The first-order valence-corrected chi connectivity index (χ1v) is 16.6. The Morgan fingerprint density at radius 1 is 1.09 bits per heavy atom. The van der Waals surface area contributed by atoms with Crippen LogP contribution in [0.25, 0.3) is 11.0 Å². The standard InChI is InChI=1S/C34H46ClN7O5/c1-34(2,3)47-33(44)40(5)13-17-45-16-12-39(4)32(43)24-20-26(28-9-7-11-42(28)25-8-6-10-36-29(35)22-25)31-27(21-24)37-23-30(38-31)41-14-18-46-19-15-41/h6,8,10,20-23,25,28H,7,9,11-19H2,1-5H3. The van der Waals surface area contributed by atoms with E-state index >= 15 is 0 Å². The monoisotopic (exact) mass is 667 g/mol. The third kappa shape index (κ3) is 9.07. The van der Waals surface area contributed by atoms with E-state index in [0.717, 1.165) is 49.4 Å². The maximum atomic E-state index is 13.8. The van der Waals surface area contributed by atoms with Crippen LogP contribution in [0.5, 0.6) is 0 Å². The Balaban J connectivity index is 1.34. The Labute approximate surface area is 282 Å². The summed E-state index contributed by atoms with van der Waals surface area (Å²) in [5.41, 5.74) is 2.44. The molecule has 12 nitrogen and oxygen atoms in total. The predicted octanol–water partition coefficient (Wildman–Crippen LogP) is 4.65. The zero-order chi connectivity index (χ0) is 33.6. The number of morpholine rings is 1. The molecule has 3 aliphatic rings. The van der Waals surface area contributed by atoms with E-state index in [2.05, 4.69) is 20.9 Å². The van der Waals surface area contributed by atoms with E-state index in [4.69, 9.17) is 35.8 Å². The molecule has 47 heavy (non-hydrogen) atoms. The van der Waals surface area contributed by atoms with Crippen LogP contribution in [0.1, 0.15) is 55.6 Å². The number of ether oxygens (including phenoxy) is 3. The Kier molecular flexibility index (Phi) is 11.5. The Hall–Kier alpha value is -3.58. The van der Waals surface area contributed by atoms with Gasteiger partial charge in [0.25, 0.3) is 5.91 Å². The van der Waals surface area contributed by atoms with Crippen molar-refractivity contribution in [2.75, 3.05) is 78.1 Å². The van der Waals surface area contributed by atoms with Gasteiger partial charge in [-0.15, -0.1) is 0 Å². The number of likely N-dealkylation sites (tertiary alicyclic amines) is 1. The number of carbonyl (C=O) groups is 2. The van der Waals surface area contributed by atoms with Crippen LogP contribution in [-0.4, -0.2) is 128 Å². The number of hydrogen-bond acceptors (Lipinski definition) is 10. The minimum atomic E-state index is -0.559. The van der Waals surface area contributed by atoms with Gasteiger partial charge in [-0.2, -0.15) is 0 Å². The minimum absolute atomic E-state index is 0.00329. The zero-order valence-corrected chi connectivity index (χ0v) is 28.8. The van der Waals surface area contributed by atoms with Crippen molar-refractivity contribution in [3.8, 4) is 0 Å². The van der Waals surface area contributed by atoms with Crippen LogP contribution >= 0.6 is 11.6 Å². The van der Waals surface area contributed by atoms with Gasteiger partial charge in [-0.05, 0) is 70.0 Å². The summed E-state index contributed by atoms with van der Waals surface area (Å²) in [5, 5.41) is 0.453. The number of amides is 2. The number of aliphatic imine (C=N–C) groups is 1. The van der Waals surface area contributed by atoms with Gasteiger partial charge in [-0.1, -0.05) is 17.7 Å². The largest absolute Gasteiger partial charge is 0.444 e. The molecule has 2 fully saturated rings. The molecule has 2 atom stereocenters. The molecule has 0 aliphatic carbocycles. The summed E-state index contributed by atoms with van der Waals surface area (Å²) in [5.74, 6) is 0.680. The highest BCUT2D eigenvalue weighted by molar-refractivity contribution is 6.30. The second-order valence-corrected chi connectivity index (χ2v) is 13.4. The van der Waals surface area contributed by atoms with Crippen LogP contribution in [-0.2, 0) is 14.2 Å². The summed E-state index contributed by atoms with van der Waals surface area (Å²) in [6.07, 6.45) is 11.0. The molecule has 2 saturated heterocycles. The van der Waals surface area contributed by atoms with E-state index in [9.17, 15) is 9.59 Å². The molecular weight excluding hydrogens is 622 g/mol. The summed E-state index contributed by atoms with van der Waals surface area (Å²) in [6, 6.07) is 3.78. The summed E-state index contributed by atoms with van der Waals surface area (Å²) in [4.78, 5) is 47.9. The van der Waals surface area contributed by atoms with Gasteiger partial charge in [-0.3, -0.25) is 14.7 Å². The molecule has 0 radical (unpaired) electrons. The summed E-state index contributed by atoms with van der Waals surface area (Å²) < 4.78 is 16.7. The van der Waals surface area contributed by atoms with Gasteiger partial charge in [0, 0.05) is 58.1 Å². The Morgan fingerprint density at radius 2 is 1.83 bits per heavy atom. The van der Waals surface area contributed by atoms with E-state index < -0.39 is 11.7 Å². The molecule has 0 saturated carbocycles. The molecule has 0 bridgehead atoms. The number of anilines is 1. The summed E-state index contributed by atoms with van der Waals surface area (Å²) >= 11 is 6.38. The number of aromatic nitrogens is 2. The molecule has 4 heterocycles. The van der Waals surface area contributed by atoms with E-state index in [-0.39, 0.29) is 18.0 Å². The van der Waals surface area contributed by atoms with E-state index in [0.29, 0.717) is 55.8 Å². The van der Waals surface area contributed by atoms with Crippen LogP contribution in [0.2, 0.25) is 0 Å². The van der Waals surface area contributed by atoms with Gasteiger partial charge in [0.1, 0.15) is 16.6 Å². The molecule has 254 valence electrons. The molecule has 1 aromatic carbocycles. The van der Waals surface area contributed by atoms with Crippen LogP contribution in [0, 0.1) is 0 Å². The number of allylic oxidation sites excluding steroid dienone is 1. The molecular formula is C34H46ClN7O5. The van der Waals surface area contributed by atoms with Crippen molar-refractivity contribution in [3.05, 3.63) is 52.8 Å². The van der Waals surface area contributed by atoms with Crippen molar-refractivity contribution < 1.29 is 23.8 Å². The molecule has 0 spiro atoms. The molecule has 3 aliphatic heterocycles. The van der Waals surface area contributed by atoms with Crippen LogP contribution in [0.3, 0.4) is 0 Å². The molecule has 13 heteroatoms. The average molecular weight is 668 g/mol. The van der Waals surface area contributed by atoms with E-state index in [1.54, 1.807) is 31.4 Å². The van der Waals surface area contributed by atoms with Gasteiger partial charge < -0.3 is 28.9 Å². The average Bonchev–Trinajstić information content (AvgIpc) is 3.44. The number of likely N-dealkylation sites (N-methyl/N-ethyl adjacent to an activating group) is 2. The van der Waals surface area contributed by atoms with Gasteiger partial charge in [0.2, 0.25) is 0 Å². The number of benzene rings is 1. The number of halogens is 1. The lowest BCUT2D eigenvalue weighted by Crippen LogP contribution is -2.37. The smallest absolute Gasteiger partial charge is 0.410 e. The highest BCUT2D eigenvalue weighted by Crippen LogP contribution is 2.39. The normalized spacial score (nSPS) is 20.3. The summed E-state index contributed by atoms with van der Waals surface area (Å²) in [7, 11) is 3.44. The zero-order valence-electron chi connectivity index (χ0n) is 28.0.